The molecule has 3 aromatic rings. The zero-order valence-corrected chi connectivity index (χ0v) is 18.1. The molecule has 2 aromatic heterocycles. The minimum Gasteiger partial charge on any atom is -0.444 e. The molecule has 1 aliphatic heterocycles. The first-order valence-electron chi connectivity index (χ1n) is 9.97. The van der Waals surface area contributed by atoms with Crippen LogP contribution in [0.4, 0.5) is 4.79 Å². The number of likely N-dealkylation sites (tertiary alicyclic amines) is 1. The predicted octanol–water partition coefficient (Wildman–Crippen LogP) is 3.19. The number of carbonyl (C=O) groups excluding carboxylic acids is 2. The molecule has 0 aliphatic carbocycles. The summed E-state index contributed by atoms with van der Waals surface area (Å²) in [5, 5.41) is 6.44. The first kappa shape index (κ1) is 20.1. The van der Waals surface area contributed by atoms with Crippen molar-refractivity contribution in [1.82, 2.24) is 19.2 Å². The van der Waals surface area contributed by atoms with Gasteiger partial charge in [-0.2, -0.15) is 5.10 Å². The Balaban J connectivity index is 1.79. The molecule has 1 aromatic carbocycles. The topological polar surface area (TPSA) is 86.4 Å². The van der Waals surface area contributed by atoms with Crippen LogP contribution < -0.4 is 5.56 Å². The van der Waals surface area contributed by atoms with Crippen molar-refractivity contribution in [2.45, 2.75) is 46.3 Å². The van der Waals surface area contributed by atoms with E-state index in [4.69, 9.17) is 4.74 Å². The number of carbonyl (C=O) groups is 2. The van der Waals surface area contributed by atoms with E-state index in [1.807, 2.05) is 39.8 Å². The minimum atomic E-state index is -0.551. The molecule has 0 radical (unpaired) electrons. The summed E-state index contributed by atoms with van der Waals surface area (Å²) in [4.78, 5) is 39.3. The molecule has 158 valence electrons. The molecule has 0 bridgehead atoms. The molecule has 3 heterocycles. The largest absolute Gasteiger partial charge is 0.444 e. The zero-order valence-electron chi connectivity index (χ0n) is 18.1. The average Bonchev–Trinajstić information content (AvgIpc) is 3.00. The van der Waals surface area contributed by atoms with Gasteiger partial charge in [0.15, 0.2) is 5.78 Å². The molecule has 4 rings (SSSR count). The molecular formula is C22H26N4O4. The Hall–Kier alpha value is -3.16. The molecule has 1 amide bonds. The molecule has 1 saturated heterocycles. The summed E-state index contributed by atoms with van der Waals surface area (Å²) < 4.78 is 8.77. The maximum Gasteiger partial charge on any atom is 0.410 e. The number of aryl methyl sites for hydroxylation is 2. The lowest BCUT2D eigenvalue weighted by molar-refractivity contribution is 0.0000278. The van der Waals surface area contributed by atoms with Crippen molar-refractivity contribution in [3.63, 3.8) is 0 Å². The third kappa shape index (κ3) is 3.16. The van der Waals surface area contributed by atoms with E-state index in [0.29, 0.717) is 35.1 Å². The average molecular weight is 410 g/mol. The van der Waals surface area contributed by atoms with E-state index >= 15 is 0 Å². The number of ether oxygens (including phenoxy) is 1. The number of Topliss-reactive ketones (excluding diaryl/α,β-unsaturated/α-hetero) is 1. The number of aromatic nitrogens is 3. The maximum atomic E-state index is 13.1. The highest BCUT2D eigenvalue weighted by Crippen LogP contribution is 2.31. The summed E-state index contributed by atoms with van der Waals surface area (Å²) in [6.45, 7) is 9.77. The molecule has 0 saturated carbocycles. The quantitative estimate of drug-likeness (QED) is 0.606. The summed E-state index contributed by atoms with van der Waals surface area (Å²) >= 11 is 0. The lowest BCUT2D eigenvalue weighted by atomic mass is 9.98. The summed E-state index contributed by atoms with van der Waals surface area (Å²) in [5.74, 6) is -0.0919. The number of amides is 1. The third-order valence-corrected chi connectivity index (χ3v) is 5.41. The van der Waals surface area contributed by atoms with Crippen LogP contribution in [-0.2, 0) is 11.8 Å². The van der Waals surface area contributed by atoms with Gasteiger partial charge in [-0.15, -0.1) is 0 Å². The molecule has 0 spiro atoms. The van der Waals surface area contributed by atoms with Gasteiger partial charge < -0.3 is 9.64 Å². The van der Waals surface area contributed by atoms with Crippen molar-refractivity contribution in [3.8, 4) is 0 Å². The highest BCUT2D eigenvalue weighted by molar-refractivity contribution is 6.16. The normalized spacial score (nSPS) is 14.9. The Bertz CT molecular complexity index is 1260. The Labute approximate surface area is 174 Å². The molecule has 1 aliphatic rings. The smallest absolute Gasteiger partial charge is 0.410 e. The van der Waals surface area contributed by atoms with E-state index in [0.717, 1.165) is 10.9 Å². The molecule has 0 unspecified atom stereocenters. The standard InChI is InChI=1S/C22H26N4O4/c1-12-7-15(13(2)27)18-16(8-12)20(28)24(6)19-17(18)9-23-26(19)14-10-25(11-14)21(29)30-22(3,4)5/h7-9,14H,10-11H2,1-6H3. The molecule has 0 atom stereocenters. The highest BCUT2D eigenvalue weighted by atomic mass is 16.6. The first-order valence-corrected chi connectivity index (χ1v) is 9.97. The van der Waals surface area contributed by atoms with Crippen LogP contribution in [0.5, 0.6) is 0 Å². The van der Waals surface area contributed by atoms with Crippen molar-refractivity contribution in [1.29, 1.82) is 0 Å². The van der Waals surface area contributed by atoms with E-state index in [1.54, 1.807) is 27.4 Å². The second kappa shape index (κ2) is 6.68. The van der Waals surface area contributed by atoms with E-state index in [2.05, 4.69) is 5.10 Å². The number of hydrogen-bond acceptors (Lipinski definition) is 5. The molecule has 8 heteroatoms. The van der Waals surface area contributed by atoms with Crippen LogP contribution in [0.2, 0.25) is 0 Å². The van der Waals surface area contributed by atoms with Gasteiger partial charge >= 0.3 is 6.09 Å². The molecular weight excluding hydrogens is 384 g/mol. The molecule has 30 heavy (non-hydrogen) atoms. The van der Waals surface area contributed by atoms with Gasteiger partial charge in [-0.25, -0.2) is 9.48 Å². The lowest BCUT2D eigenvalue weighted by Gasteiger charge is -2.39. The Morgan fingerprint density at radius 2 is 1.83 bits per heavy atom. The second-order valence-electron chi connectivity index (χ2n) is 9.02. The summed E-state index contributed by atoms with van der Waals surface area (Å²) in [6, 6.07) is 3.56. The van der Waals surface area contributed by atoms with Gasteiger partial charge in [0.05, 0.1) is 12.2 Å². The lowest BCUT2D eigenvalue weighted by Crippen LogP contribution is -2.52. The number of benzene rings is 1. The monoisotopic (exact) mass is 410 g/mol. The van der Waals surface area contributed by atoms with Gasteiger partial charge in [-0.3, -0.25) is 14.2 Å². The summed E-state index contributed by atoms with van der Waals surface area (Å²) in [5.41, 5.74) is 1.31. The number of hydrogen-bond donors (Lipinski definition) is 0. The fourth-order valence-corrected chi connectivity index (χ4v) is 4.02. The van der Waals surface area contributed by atoms with Crippen LogP contribution >= 0.6 is 0 Å². The number of pyridine rings is 1. The Morgan fingerprint density at radius 3 is 2.43 bits per heavy atom. The van der Waals surface area contributed by atoms with E-state index in [-0.39, 0.29) is 23.5 Å². The second-order valence-corrected chi connectivity index (χ2v) is 9.02. The first-order chi connectivity index (χ1) is 14.0. The minimum absolute atomic E-state index is 0.0655. The summed E-state index contributed by atoms with van der Waals surface area (Å²) in [7, 11) is 1.71. The fraction of sp³-hybridized carbons (Fsp3) is 0.455. The van der Waals surface area contributed by atoms with E-state index in [1.165, 1.54) is 6.92 Å². The molecule has 1 fully saturated rings. The summed E-state index contributed by atoms with van der Waals surface area (Å²) in [6.07, 6.45) is 1.35. The van der Waals surface area contributed by atoms with Crippen molar-refractivity contribution >= 4 is 33.7 Å². The zero-order chi connectivity index (χ0) is 22.0. The van der Waals surface area contributed by atoms with E-state index in [9.17, 15) is 14.4 Å². The van der Waals surface area contributed by atoms with Crippen molar-refractivity contribution in [3.05, 3.63) is 39.8 Å². The SMILES string of the molecule is CC(=O)c1cc(C)cc2c(=O)n(C)c3c(cnn3C3CN(C(=O)OC(C)(C)C)C3)c12. The van der Waals surface area contributed by atoms with Gasteiger partial charge in [0.1, 0.15) is 11.2 Å². The van der Waals surface area contributed by atoms with Crippen LogP contribution in [0.3, 0.4) is 0 Å². The Morgan fingerprint density at radius 1 is 1.17 bits per heavy atom. The number of fused-ring (bicyclic) bond motifs is 3. The maximum absolute atomic E-state index is 13.1. The van der Waals surface area contributed by atoms with Gasteiger partial charge in [-0.1, -0.05) is 0 Å². The van der Waals surface area contributed by atoms with Gasteiger partial charge in [0.2, 0.25) is 0 Å². The number of ketones is 1. The Kier molecular flexibility index (Phi) is 4.48. The fourth-order valence-electron chi connectivity index (χ4n) is 4.02. The van der Waals surface area contributed by atoms with Crippen LogP contribution in [0.15, 0.2) is 23.1 Å². The predicted molar refractivity (Wildman–Crippen MR) is 114 cm³/mol. The van der Waals surface area contributed by atoms with Gasteiger partial charge in [0, 0.05) is 41.9 Å². The number of rotatable bonds is 2. The molecule has 0 N–H and O–H groups in total. The highest BCUT2D eigenvalue weighted by Gasteiger charge is 2.36. The number of nitrogens with zero attached hydrogens (tertiary/aromatic N) is 4. The van der Waals surface area contributed by atoms with Gasteiger partial charge in [0.25, 0.3) is 5.56 Å². The van der Waals surface area contributed by atoms with Crippen LogP contribution in [0, 0.1) is 6.92 Å². The molecule has 8 nitrogen and oxygen atoms in total. The van der Waals surface area contributed by atoms with Crippen molar-refractivity contribution < 1.29 is 14.3 Å². The van der Waals surface area contributed by atoms with Gasteiger partial charge in [-0.05, 0) is 52.3 Å². The van der Waals surface area contributed by atoms with Crippen molar-refractivity contribution in [2.24, 2.45) is 7.05 Å². The van der Waals surface area contributed by atoms with E-state index < -0.39 is 5.60 Å². The van der Waals surface area contributed by atoms with Crippen molar-refractivity contribution in [2.75, 3.05) is 13.1 Å². The van der Waals surface area contributed by atoms with Crippen LogP contribution in [0.1, 0.15) is 49.7 Å². The van der Waals surface area contributed by atoms with Crippen LogP contribution in [0.25, 0.3) is 21.8 Å². The third-order valence-electron chi connectivity index (χ3n) is 5.41. The van der Waals surface area contributed by atoms with Crippen LogP contribution in [-0.4, -0.2) is 49.8 Å².